The van der Waals surface area contributed by atoms with Crippen LogP contribution in [0.25, 0.3) is 0 Å². The fourth-order valence-electron chi connectivity index (χ4n) is 6.38. The van der Waals surface area contributed by atoms with Crippen molar-refractivity contribution in [3.8, 4) is 0 Å². The van der Waals surface area contributed by atoms with Crippen molar-refractivity contribution in [2.75, 3.05) is 40.9 Å². The van der Waals surface area contributed by atoms with Crippen molar-refractivity contribution in [3.63, 3.8) is 0 Å². The summed E-state index contributed by atoms with van der Waals surface area (Å²) in [6.07, 6.45) is 41.7. The molecule has 0 radical (unpaired) electrons. The standard InChI is InChI=1S/C44H87N2O6P/c1-6-8-10-12-14-16-18-20-21-22-23-24-25-26-28-30-32-34-36-38-44(48)45-42(41-52-53(49,50)51-40-39-46(3,4)5)43(47)37-35-33-31-29-27-19-17-15-13-11-9-7-2/h14,16,18,20,42-43,47H,6-13,15,17,19,21-41H2,1-5H3,(H-,45,48,49,50)/b16-14-,20-18-. The summed E-state index contributed by atoms with van der Waals surface area (Å²) < 4.78 is 23.2. The molecule has 0 saturated carbocycles. The average molecular weight is 771 g/mol. The first-order valence-corrected chi connectivity index (χ1v) is 23.7. The first-order valence-electron chi connectivity index (χ1n) is 22.2. The molecule has 53 heavy (non-hydrogen) atoms. The molecule has 8 nitrogen and oxygen atoms in total. The van der Waals surface area contributed by atoms with E-state index in [0.29, 0.717) is 23.9 Å². The van der Waals surface area contributed by atoms with Gasteiger partial charge in [-0.15, -0.1) is 0 Å². The minimum absolute atomic E-state index is 0.0120. The molecule has 0 aliphatic heterocycles. The van der Waals surface area contributed by atoms with Crippen LogP contribution >= 0.6 is 7.82 Å². The van der Waals surface area contributed by atoms with E-state index in [0.717, 1.165) is 38.5 Å². The molecule has 0 saturated heterocycles. The van der Waals surface area contributed by atoms with Crippen molar-refractivity contribution in [3.05, 3.63) is 24.3 Å². The first-order chi connectivity index (χ1) is 25.5. The maximum absolute atomic E-state index is 12.9. The van der Waals surface area contributed by atoms with Crippen LogP contribution in [0.3, 0.4) is 0 Å². The lowest BCUT2D eigenvalue weighted by molar-refractivity contribution is -0.870. The molecule has 0 aromatic carbocycles. The maximum atomic E-state index is 12.9. The van der Waals surface area contributed by atoms with Crippen molar-refractivity contribution in [2.24, 2.45) is 0 Å². The summed E-state index contributed by atoms with van der Waals surface area (Å²) in [5.41, 5.74) is 0. The van der Waals surface area contributed by atoms with Crippen molar-refractivity contribution in [1.29, 1.82) is 0 Å². The Hall–Kier alpha value is -1.02. The lowest BCUT2D eigenvalue weighted by atomic mass is 10.0. The molecular formula is C44H87N2O6P. The zero-order valence-corrected chi connectivity index (χ0v) is 36.4. The molecular weight excluding hydrogens is 683 g/mol. The maximum Gasteiger partial charge on any atom is 0.268 e. The van der Waals surface area contributed by atoms with E-state index >= 15 is 0 Å². The molecule has 3 unspecified atom stereocenters. The molecule has 0 aromatic heterocycles. The SMILES string of the molecule is CCCCC/C=C\C=C/CCCCCCCCCCCCC(=O)NC(COP(=O)([O-])OCC[N+](C)(C)C)C(O)CCCCCCCCCCCCCC. The van der Waals surface area contributed by atoms with E-state index in [1.807, 2.05) is 21.1 Å². The fraction of sp³-hybridized carbons (Fsp3) is 0.886. The number of carbonyl (C=O) groups excluding carboxylic acids is 1. The summed E-state index contributed by atoms with van der Waals surface area (Å²) in [6.45, 7) is 4.68. The second-order valence-electron chi connectivity index (χ2n) is 16.4. The number of phosphoric acid groups is 1. The van der Waals surface area contributed by atoms with Gasteiger partial charge in [0.25, 0.3) is 7.82 Å². The summed E-state index contributed by atoms with van der Waals surface area (Å²) >= 11 is 0. The van der Waals surface area contributed by atoms with Crippen molar-refractivity contribution in [1.82, 2.24) is 5.32 Å². The van der Waals surface area contributed by atoms with Gasteiger partial charge in [-0.3, -0.25) is 9.36 Å². The van der Waals surface area contributed by atoms with E-state index in [2.05, 4.69) is 43.5 Å². The summed E-state index contributed by atoms with van der Waals surface area (Å²) in [5.74, 6) is -0.170. The molecule has 0 bridgehead atoms. The summed E-state index contributed by atoms with van der Waals surface area (Å²) in [5, 5.41) is 13.9. The topological polar surface area (TPSA) is 108 Å². The number of hydrogen-bond acceptors (Lipinski definition) is 6. The largest absolute Gasteiger partial charge is 0.756 e. The van der Waals surface area contributed by atoms with Gasteiger partial charge >= 0.3 is 0 Å². The molecule has 0 rings (SSSR count). The van der Waals surface area contributed by atoms with Gasteiger partial charge in [-0.25, -0.2) is 0 Å². The normalized spacial score (nSPS) is 14.6. The van der Waals surface area contributed by atoms with Crippen LogP contribution in [0.4, 0.5) is 0 Å². The van der Waals surface area contributed by atoms with Crippen LogP contribution in [0.1, 0.15) is 200 Å². The molecule has 1 amide bonds. The number of nitrogens with zero attached hydrogens (tertiary/aromatic N) is 1. The number of allylic oxidation sites excluding steroid dienone is 4. The Labute approximate surface area is 328 Å². The molecule has 0 aliphatic rings. The van der Waals surface area contributed by atoms with Crippen molar-refractivity contribution in [2.45, 2.75) is 212 Å². The Morgan fingerprint density at radius 3 is 1.57 bits per heavy atom. The molecule has 2 N–H and O–H groups in total. The van der Waals surface area contributed by atoms with Crippen LogP contribution in [0.15, 0.2) is 24.3 Å². The Balaban J connectivity index is 4.32. The molecule has 0 aromatic rings. The van der Waals surface area contributed by atoms with Gasteiger partial charge in [0.05, 0.1) is 39.9 Å². The Morgan fingerprint density at radius 1 is 0.660 bits per heavy atom. The van der Waals surface area contributed by atoms with Crippen LogP contribution in [-0.4, -0.2) is 68.5 Å². The minimum Gasteiger partial charge on any atom is -0.756 e. The number of carbonyl (C=O) groups is 1. The minimum atomic E-state index is -4.56. The number of hydrogen-bond donors (Lipinski definition) is 2. The molecule has 0 heterocycles. The molecule has 0 fully saturated rings. The molecule has 314 valence electrons. The number of nitrogens with one attached hydrogen (secondary N) is 1. The second-order valence-corrected chi connectivity index (χ2v) is 17.8. The van der Waals surface area contributed by atoms with E-state index in [1.54, 1.807) is 0 Å². The molecule has 0 spiro atoms. The predicted molar refractivity (Wildman–Crippen MR) is 224 cm³/mol. The van der Waals surface area contributed by atoms with E-state index in [4.69, 9.17) is 9.05 Å². The Bertz CT molecular complexity index is 922. The van der Waals surface area contributed by atoms with Crippen molar-refractivity contribution < 1.29 is 32.9 Å². The number of rotatable bonds is 40. The molecule has 3 atom stereocenters. The molecule has 0 aliphatic carbocycles. The highest BCUT2D eigenvalue weighted by atomic mass is 31.2. The van der Waals surface area contributed by atoms with Crippen LogP contribution in [0.5, 0.6) is 0 Å². The monoisotopic (exact) mass is 771 g/mol. The third-order valence-electron chi connectivity index (χ3n) is 9.97. The first kappa shape index (κ1) is 52.0. The number of aliphatic hydroxyl groups excluding tert-OH is 1. The number of unbranched alkanes of at least 4 members (excludes halogenated alkanes) is 24. The summed E-state index contributed by atoms with van der Waals surface area (Å²) in [4.78, 5) is 25.3. The highest BCUT2D eigenvalue weighted by Gasteiger charge is 2.24. The third-order valence-corrected chi connectivity index (χ3v) is 10.9. The third kappa shape index (κ3) is 39.0. The van der Waals surface area contributed by atoms with E-state index < -0.39 is 20.0 Å². The summed E-state index contributed by atoms with van der Waals surface area (Å²) in [7, 11) is 1.30. The van der Waals surface area contributed by atoms with Crippen LogP contribution in [0, 0.1) is 0 Å². The Kier molecular flexibility index (Phi) is 35.9. The predicted octanol–water partition coefficient (Wildman–Crippen LogP) is 11.5. The number of phosphoric ester groups is 1. The average Bonchev–Trinajstić information content (AvgIpc) is 3.10. The lowest BCUT2D eigenvalue weighted by Crippen LogP contribution is -2.46. The smallest absolute Gasteiger partial charge is 0.268 e. The van der Waals surface area contributed by atoms with Gasteiger partial charge in [0.2, 0.25) is 5.91 Å². The number of quaternary nitrogens is 1. The van der Waals surface area contributed by atoms with Gasteiger partial charge in [-0.1, -0.05) is 179 Å². The van der Waals surface area contributed by atoms with Gasteiger partial charge in [0.15, 0.2) is 0 Å². The fourth-order valence-corrected chi connectivity index (χ4v) is 7.11. The zero-order valence-electron chi connectivity index (χ0n) is 35.5. The lowest BCUT2D eigenvalue weighted by Gasteiger charge is -2.30. The van der Waals surface area contributed by atoms with Gasteiger partial charge in [0.1, 0.15) is 13.2 Å². The van der Waals surface area contributed by atoms with Crippen molar-refractivity contribution >= 4 is 13.7 Å². The van der Waals surface area contributed by atoms with Gasteiger partial charge < -0.3 is 28.8 Å². The zero-order chi connectivity index (χ0) is 39.3. The second kappa shape index (κ2) is 36.6. The van der Waals surface area contributed by atoms with Crippen LogP contribution in [-0.2, 0) is 18.4 Å². The number of aliphatic hydroxyl groups is 1. The highest BCUT2D eigenvalue weighted by Crippen LogP contribution is 2.38. The van der Waals surface area contributed by atoms with E-state index in [1.165, 1.54) is 135 Å². The van der Waals surface area contributed by atoms with Crippen LogP contribution in [0.2, 0.25) is 0 Å². The quantitative estimate of drug-likeness (QED) is 0.0278. The van der Waals surface area contributed by atoms with Gasteiger partial charge in [0, 0.05) is 6.42 Å². The number of likely N-dealkylation sites (N-methyl/N-ethyl adjacent to an activating group) is 1. The van der Waals surface area contributed by atoms with Crippen LogP contribution < -0.4 is 10.2 Å². The number of amides is 1. The van der Waals surface area contributed by atoms with E-state index in [-0.39, 0.29) is 19.1 Å². The summed E-state index contributed by atoms with van der Waals surface area (Å²) in [6, 6.07) is -0.798. The van der Waals surface area contributed by atoms with E-state index in [9.17, 15) is 19.4 Å². The van der Waals surface area contributed by atoms with Gasteiger partial charge in [-0.2, -0.15) is 0 Å². The highest BCUT2D eigenvalue weighted by molar-refractivity contribution is 7.45. The molecule has 9 heteroatoms. The Morgan fingerprint density at radius 2 is 1.08 bits per heavy atom. The van der Waals surface area contributed by atoms with Gasteiger partial charge in [-0.05, 0) is 38.5 Å².